The number of nitrogens with zero attached hydrogens (tertiary/aromatic N) is 1. The van der Waals surface area contributed by atoms with Crippen molar-refractivity contribution in [3.05, 3.63) is 72.9 Å². The van der Waals surface area contributed by atoms with Gasteiger partial charge in [0.15, 0.2) is 6.10 Å². The van der Waals surface area contributed by atoms with Crippen LogP contribution in [0.1, 0.15) is 194 Å². The van der Waals surface area contributed by atoms with E-state index in [1.165, 1.54) is 109 Å². The van der Waals surface area contributed by atoms with E-state index in [0.29, 0.717) is 43.1 Å². The zero-order chi connectivity index (χ0) is 48.8. The Bertz CT molecular complexity index is 1380. The molecule has 0 saturated carbocycles. The van der Waals surface area contributed by atoms with Gasteiger partial charge in [-0.05, 0) is 38.5 Å². The number of likely N-dealkylation sites (N-methyl/N-ethyl adjacent to an activating group) is 1. The lowest BCUT2D eigenvalue weighted by atomic mass is 10.0. The summed E-state index contributed by atoms with van der Waals surface area (Å²) in [6, 6.07) is 0. The predicted octanol–water partition coefficient (Wildman–Crippen LogP) is 12.7. The van der Waals surface area contributed by atoms with Crippen molar-refractivity contribution < 1.29 is 52.3 Å². The maximum Gasteiger partial charge on any atom is 0.306 e. The molecule has 2 N–H and O–H groups in total. The molecule has 0 aromatic rings. The highest BCUT2D eigenvalue weighted by Gasteiger charge is 2.21. The zero-order valence-corrected chi connectivity index (χ0v) is 43.2. The van der Waals surface area contributed by atoms with Gasteiger partial charge in [-0.3, -0.25) is 14.2 Å². The second kappa shape index (κ2) is 44.9. The standard InChI is InChI=1S/C54H96NO10P/c1-6-8-10-11-12-13-14-15-16-17-18-19-20-21-22-23-24-25-26-30-38-44-53(58)62-48-52(49-64-66(60,61)63-47-46-55(3,4)5)65-54(59)45-39-31-28-27-29-35-41-51(57)43-37-33-32-36-42-50(56)40-34-9-7-2/h9,28-29,31-37,42-43,50-52,56-57H,6-8,10-27,30,38-41,44-49H2,1-5H3/b31-28-,33-32-,34-9-,35-29-,42-36+,43-37+/t50-,51+,52+/m0/s1. The first-order valence-corrected chi connectivity index (χ1v) is 27.3. The normalized spacial score (nSPS) is 15.0. The molecule has 382 valence electrons. The second-order valence-corrected chi connectivity index (χ2v) is 20.0. The first-order valence-electron chi connectivity index (χ1n) is 25.9. The summed E-state index contributed by atoms with van der Waals surface area (Å²) >= 11 is 0. The summed E-state index contributed by atoms with van der Waals surface area (Å²) in [6.07, 6.45) is 50.2. The van der Waals surface area contributed by atoms with Gasteiger partial charge in [-0.15, -0.1) is 0 Å². The van der Waals surface area contributed by atoms with Crippen LogP contribution in [0.15, 0.2) is 72.9 Å². The Balaban J connectivity index is 4.44. The number of ether oxygens (including phenoxy) is 2. The van der Waals surface area contributed by atoms with Gasteiger partial charge in [-0.1, -0.05) is 215 Å². The van der Waals surface area contributed by atoms with Gasteiger partial charge in [0.25, 0.3) is 7.82 Å². The molecule has 0 aliphatic carbocycles. The summed E-state index contributed by atoms with van der Waals surface area (Å²) in [5.74, 6) is -0.999. The number of phosphoric acid groups is 1. The summed E-state index contributed by atoms with van der Waals surface area (Å²) in [5.41, 5.74) is 0. The molecule has 1 unspecified atom stereocenters. The average molecular weight is 950 g/mol. The Morgan fingerprint density at radius 2 is 1.05 bits per heavy atom. The third-order valence-electron chi connectivity index (χ3n) is 10.9. The fourth-order valence-electron chi connectivity index (χ4n) is 6.86. The molecule has 0 bridgehead atoms. The zero-order valence-electron chi connectivity index (χ0n) is 42.3. The third kappa shape index (κ3) is 47.8. The van der Waals surface area contributed by atoms with Crippen LogP contribution >= 0.6 is 7.82 Å². The van der Waals surface area contributed by atoms with Crippen molar-refractivity contribution >= 4 is 19.8 Å². The van der Waals surface area contributed by atoms with E-state index in [1.54, 1.807) is 36.5 Å². The van der Waals surface area contributed by atoms with Crippen LogP contribution in [-0.4, -0.2) is 92.5 Å². The Labute approximate surface area is 403 Å². The number of carbonyl (C=O) groups excluding carboxylic acids is 2. The van der Waals surface area contributed by atoms with E-state index in [9.17, 15) is 29.3 Å². The van der Waals surface area contributed by atoms with E-state index in [0.717, 1.165) is 25.7 Å². The van der Waals surface area contributed by atoms with Crippen LogP contribution in [0, 0.1) is 0 Å². The van der Waals surface area contributed by atoms with E-state index >= 15 is 0 Å². The van der Waals surface area contributed by atoms with Crippen molar-refractivity contribution in [2.45, 2.75) is 212 Å². The minimum atomic E-state index is -4.68. The van der Waals surface area contributed by atoms with Gasteiger partial charge in [0.1, 0.15) is 19.8 Å². The molecule has 12 heteroatoms. The van der Waals surface area contributed by atoms with Gasteiger partial charge < -0.3 is 38.1 Å². The molecule has 0 saturated heterocycles. The van der Waals surface area contributed by atoms with E-state index in [-0.39, 0.29) is 26.1 Å². The number of esters is 2. The van der Waals surface area contributed by atoms with Gasteiger partial charge >= 0.3 is 11.9 Å². The largest absolute Gasteiger partial charge is 0.756 e. The smallest absolute Gasteiger partial charge is 0.306 e. The molecule has 0 spiro atoms. The van der Waals surface area contributed by atoms with Gasteiger partial charge in [0.2, 0.25) is 0 Å². The van der Waals surface area contributed by atoms with Crippen molar-refractivity contribution in [2.75, 3.05) is 47.5 Å². The number of aliphatic hydroxyl groups is 2. The molecule has 0 fully saturated rings. The Hall–Kier alpha value is -2.63. The highest BCUT2D eigenvalue weighted by atomic mass is 31.2. The van der Waals surface area contributed by atoms with Crippen molar-refractivity contribution in [1.82, 2.24) is 0 Å². The fraction of sp³-hybridized carbons (Fsp3) is 0.741. The number of hydrogen-bond acceptors (Lipinski definition) is 10. The molecule has 0 heterocycles. The van der Waals surface area contributed by atoms with Crippen LogP contribution in [0.3, 0.4) is 0 Å². The number of phosphoric ester groups is 1. The maximum atomic E-state index is 12.7. The predicted molar refractivity (Wildman–Crippen MR) is 271 cm³/mol. The molecular weight excluding hydrogens is 854 g/mol. The summed E-state index contributed by atoms with van der Waals surface area (Å²) < 4.78 is 33.9. The van der Waals surface area contributed by atoms with Gasteiger partial charge in [-0.2, -0.15) is 0 Å². The van der Waals surface area contributed by atoms with E-state index in [4.69, 9.17) is 18.5 Å². The maximum absolute atomic E-state index is 12.7. The number of aliphatic hydroxyl groups excluding tert-OH is 2. The topological polar surface area (TPSA) is 152 Å². The minimum Gasteiger partial charge on any atom is -0.756 e. The summed E-state index contributed by atoms with van der Waals surface area (Å²) in [4.78, 5) is 37.7. The fourth-order valence-corrected chi connectivity index (χ4v) is 7.59. The first-order chi connectivity index (χ1) is 31.8. The Kier molecular flexibility index (Phi) is 43.1. The van der Waals surface area contributed by atoms with Gasteiger partial charge in [-0.25, -0.2) is 0 Å². The molecule has 0 radical (unpaired) electrons. The SMILES string of the molecule is CC/C=C\C[C@H](O)/C=C/C=C\C=C\[C@H](O)C/C=C\C/C=C\CCC(=O)O[C@H](COC(=O)CCCCCCCCCCCCCCCCCCCCCCC)COP(=O)([O-])OCC[N+](C)(C)C. The number of rotatable bonds is 46. The molecule has 0 aromatic heterocycles. The van der Waals surface area contributed by atoms with Crippen LogP contribution < -0.4 is 4.89 Å². The number of allylic oxidation sites excluding steroid dienone is 8. The van der Waals surface area contributed by atoms with E-state index in [1.807, 2.05) is 64.5 Å². The molecule has 4 atom stereocenters. The van der Waals surface area contributed by atoms with Crippen LogP contribution in [0.4, 0.5) is 0 Å². The first kappa shape index (κ1) is 63.4. The highest BCUT2D eigenvalue weighted by Crippen LogP contribution is 2.38. The minimum absolute atomic E-state index is 0.0419. The third-order valence-corrected chi connectivity index (χ3v) is 11.9. The van der Waals surface area contributed by atoms with Crippen molar-refractivity contribution in [2.24, 2.45) is 0 Å². The average Bonchev–Trinajstić information content (AvgIpc) is 3.26. The molecule has 0 aliphatic heterocycles. The summed E-state index contributed by atoms with van der Waals surface area (Å²) in [6.45, 7) is 3.85. The number of quaternary nitrogens is 1. The van der Waals surface area contributed by atoms with Crippen LogP contribution in [0.2, 0.25) is 0 Å². The second-order valence-electron chi connectivity index (χ2n) is 18.6. The number of unbranched alkanes of at least 4 members (excludes halogenated alkanes) is 20. The summed E-state index contributed by atoms with van der Waals surface area (Å²) in [5, 5.41) is 20.0. The number of hydrogen-bond donors (Lipinski definition) is 2. The lowest BCUT2D eigenvalue weighted by Crippen LogP contribution is -2.37. The molecule has 0 aliphatic rings. The van der Waals surface area contributed by atoms with Crippen molar-refractivity contribution in [3.8, 4) is 0 Å². The van der Waals surface area contributed by atoms with E-state index in [2.05, 4.69) is 6.92 Å². The van der Waals surface area contributed by atoms with Crippen LogP contribution in [0.25, 0.3) is 0 Å². The number of carbonyl (C=O) groups is 2. The lowest BCUT2D eigenvalue weighted by molar-refractivity contribution is -0.870. The molecule has 0 rings (SSSR count). The van der Waals surface area contributed by atoms with Gasteiger partial charge in [0, 0.05) is 12.8 Å². The Morgan fingerprint density at radius 1 is 0.576 bits per heavy atom. The summed E-state index contributed by atoms with van der Waals surface area (Å²) in [7, 11) is 1.05. The quantitative estimate of drug-likeness (QED) is 0.0151. The highest BCUT2D eigenvalue weighted by molar-refractivity contribution is 7.45. The Morgan fingerprint density at radius 3 is 1.53 bits per heavy atom. The van der Waals surface area contributed by atoms with Gasteiger partial charge in [0.05, 0.1) is 40.0 Å². The van der Waals surface area contributed by atoms with Crippen molar-refractivity contribution in [1.29, 1.82) is 0 Å². The lowest BCUT2D eigenvalue weighted by Gasteiger charge is -2.28. The molecule has 0 amide bonds. The monoisotopic (exact) mass is 950 g/mol. The molecular formula is C54H96NO10P. The van der Waals surface area contributed by atoms with Crippen LogP contribution in [-0.2, 0) is 32.7 Å². The molecule has 11 nitrogen and oxygen atoms in total. The molecule has 0 aromatic carbocycles. The van der Waals surface area contributed by atoms with Crippen molar-refractivity contribution in [3.63, 3.8) is 0 Å². The van der Waals surface area contributed by atoms with E-state index < -0.39 is 44.7 Å². The molecule has 66 heavy (non-hydrogen) atoms. The van der Waals surface area contributed by atoms with Crippen LogP contribution in [0.5, 0.6) is 0 Å².